The maximum absolute atomic E-state index is 11.7. The van der Waals surface area contributed by atoms with E-state index in [1.807, 2.05) is 46.8 Å². The van der Waals surface area contributed by atoms with E-state index < -0.39 is 11.7 Å². The number of alkyl carbamates (subject to hydrolysis) is 1. The van der Waals surface area contributed by atoms with Crippen LogP contribution in [0.2, 0.25) is 0 Å². The normalized spacial score (nSPS) is 11.9. The van der Waals surface area contributed by atoms with Crippen LogP contribution in [0, 0.1) is 6.92 Å². The summed E-state index contributed by atoms with van der Waals surface area (Å²) in [7, 11) is 0. The lowest BCUT2D eigenvalue weighted by Gasteiger charge is -2.27. The molecule has 2 N–H and O–H groups in total. The Bertz CT molecular complexity index is 789. The Labute approximate surface area is 197 Å². The molecule has 0 fully saturated rings. The number of hydrogen-bond donors (Lipinski definition) is 2. The van der Waals surface area contributed by atoms with Crippen molar-refractivity contribution < 1.29 is 23.9 Å². The molecule has 0 heterocycles. The zero-order chi connectivity index (χ0) is 24.9. The summed E-state index contributed by atoms with van der Waals surface area (Å²) in [5.41, 5.74) is 2.95. The van der Waals surface area contributed by atoms with E-state index in [0.717, 1.165) is 43.2 Å². The van der Waals surface area contributed by atoms with Crippen LogP contribution in [0.5, 0.6) is 0 Å². The molecule has 4 amide bonds. The van der Waals surface area contributed by atoms with E-state index in [2.05, 4.69) is 16.7 Å². The van der Waals surface area contributed by atoms with Crippen LogP contribution in [0.15, 0.2) is 18.2 Å². The van der Waals surface area contributed by atoms with Gasteiger partial charge < -0.3 is 15.0 Å². The summed E-state index contributed by atoms with van der Waals surface area (Å²) in [6, 6.07) is 6.02. The third kappa shape index (κ3) is 11.5. The average Bonchev–Trinajstić information content (AvgIpc) is 2.73. The molecule has 1 atom stereocenters. The molecule has 1 aromatic rings. The summed E-state index contributed by atoms with van der Waals surface area (Å²) >= 11 is 0. The summed E-state index contributed by atoms with van der Waals surface area (Å²) < 4.78 is 5.23. The first-order valence-corrected chi connectivity index (χ1v) is 11.6. The highest BCUT2D eigenvalue weighted by atomic mass is 16.6. The lowest BCUT2D eigenvalue weighted by molar-refractivity contribution is -0.126. The fraction of sp³-hybridized carbons (Fsp3) is 0.600. The molecule has 8 nitrogen and oxygen atoms in total. The first-order chi connectivity index (χ1) is 15.6. The molecule has 0 spiro atoms. The Kier molecular flexibility index (Phi) is 12.2. The highest BCUT2D eigenvalue weighted by Gasteiger charge is 2.17. The maximum Gasteiger partial charge on any atom is 0.407 e. The highest BCUT2D eigenvalue weighted by molar-refractivity contribution is 5.85. The van der Waals surface area contributed by atoms with Gasteiger partial charge in [0, 0.05) is 25.6 Å². The number of benzene rings is 1. The van der Waals surface area contributed by atoms with Crippen molar-refractivity contribution in [2.24, 2.45) is 0 Å². The number of nitrogens with one attached hydrogen (secondary N) is 2. The smallest absolute Gasteiger partial charge is 0.407 e. The van der Waals surface area contributed by atoms with Crippen molar-refractivity contribution in [2.75, 3.05) is 6.54 Å². The standard InChI is InChI=1S/C25H39N3O5/c1-19-10-9-12-21(11-7-6-8-15-26-24(32)33-25(3,4)5)22(19)16-28(18-30)20(2)13-14-23(31)27-17-29/h9-10,12,17-18,20H,6-8,11,13-16H2,1-5H3,(H,26,32)(H,27,29,31). The highest BCUT2D eigenvalue weighted by Crippen LogP contribution is 2.20. The second kappa shape index (κ2) is 14.3. The number of nitrogens with zero attached hydrogens (tertiary/aromatic N) is 1. The summed E-state index contributed by atoms with van der Waals surface area (Å²) in [6.45, 7) is 10.5. The van der Waals surface area contributed by atoms with Crippen LogP contribution in [0.3, 0.4) is 0 Å². The number of ether oxygens (including phenoxy) is 1. The fourth-order valence-electron chi connectivity index (χ4n) is 3.47. The largest absolute Gasteiger partial charge is 0.444 e. The second-order valence-corrected chi connectivity index (χ2v) is 9.30. The van der Waals surface area contributed by atoms with E-state index in [1.165, 1.54) is 5.56 Å². The van der Waals surface area contributed by atoms with E-state index in [4.69, 9.17) is 4.74 Å². The van der Waals surface area contributed by atoms with Crippen LogP contribution in [-0.4, -0.2) is 47.9 Å². The van der Waals surface area contributed by atoms with Gasteiger partial charge in [0.25, 0.3) is 0 Å². The summed E-state index contributed by atoms with van der Waals surface area (Å²) in [5, 5.41) is 4.90. The Hall–Kier alpha value is -2.90. The number of imide groups is 1. The molecule has 0 aliphatic carbocycles. The molecule has 1 rings (SSSR count). The van der Waals surface area contributed by atoms with E-state index >= 15 is 0 Å². The SMILES string of the molecule is Cc1cccc(CCCCCNC(=O)OC(C)(C)C)c1CN(C=O)C(C)CCC(=O)NC=O. The van der Waals surface area contributed by atoms with Crippen molar-refractivity contribution >= 4 is 24.8 Å². The van der Waals surface area contributed by atoms with Gasteiger partial charge in [-0.25, -0.2) is 4.79 Å². The predicted molar refractivity (Wildman–Crippen MR) is 127 cm³/mol. The molecule has 0 aliphatic heterocycles. The van der Waals surface area contributed by atoms with Crippen LogP contribution < -0.4 is 10.6 Å². The number of unbranched alkanes of at least 4 members (excludes halogenated alkanes) is 2. The van der Waals surface area contributed by atoms with Crippen molar-refractivity contribution in [3.63, 3.8) is 0 Å². The minimum Gasteiger partial charge on any atom is -0.444 e. The second-order valence-electron chi connectivity index (χ2n) is 9.30. The minimum atomic E-state index is -0.500. The average molecular weight is 462 g/mol. The number of rotatable bonds is 14. The van der Waals surface area contributed by atoms with Crippen molar-refractivity contribution in [3.05, 3.63) is 34.9 Å². The number of hydrogen-bond acceptors (Lipinski definition) is 5. The first-order valence-electron chi connectivity index (χ1n) is 11.6. The molecule has 8 heteroatoms. The minimum absolute atomic E-state index is 0.133. The molecule has 0 aliphatic rings. The number of aryl methyl sites for hydroxylation is 2. The predicted octanol–water partition coefficient (Wildman–Crippen LogP) is 3.63. The zero-order valence-corrected chi connectivity index (χ0v) is 20.6. The van der Waals surface area contributed by atoms with E-state index in [0.29, 0.717) is 25.9 Å². The third-order valence-corrected chi connectivity index (χ3v) is 5.35. The van der Waals surface area contributed by atoms with Gasteiger partial charge in [-0.2, -0.15) is 0 Å². The van der Waals surface area contributed by atoms with Crippen LogP contribution in [0.1, 0.15) is 76.5 Å². The molecule has 0 aromatic heterocycles. The molecular weight excluding hydrogens is 422 g/mol. The summed E-state index contributed by atoms with van der Waals surface area (Å²) in [4.78, 5) is 47.0. The van der Waals surface area contributed by atoms with Crippen molar-refractivity contribution in [3.8, 4) is 0 Å². The van der Waals surface area contributed by atoms with Gasteiger partial charge in [-0.3, -0.25) is 19.7 Å². The number of carbonyl (C=O) groups excluding carboxylic acids is 4. The van der Waals surface area contributed by atoms with Gasteiger partial charge >= 0.3 is 6.09 Å². The molecule has 0 radical (unpaired) electrons. The van der Waals surface area contributed by atoms with Gasteiger partial charge in [0.2, 0.25) is 18.7 Å². The molecular formula is C25H39N3O5. The van der Waals surface area contributed by atoms with Gasteiger partial charge in [0.15, 0.2) is 0 Å². The topological polar surface area (TPSA) is 105 Å². The Balaban J connectivity index is 2.57. The molecule has 1 unspecified atom stereocenters. The van der Waals surface area contributed by atoms with Gasteiger partial charge in [-0.05, 0) is 77.0 Å². The van der Waals surface area contributed by atoms with Crippen molar-refractivity contribution in [1.82, 2.24) is 15.5 Å². The van der Waals surface area contributed by atoms with Gasteiger partial charge in [0.05, 0.1) is 0 Å². The van der Waals surface area contributed by atoms with E-state index in [9.17, 15) is 19.2 Å². The van der Waals surface area contributed by atoms with Crippen molar-refractivity contribution in [2.45, 2.75) is 91.3 Å². The number of carbonyl (C=O) groups is 4. The molecule has 0 saturated heterocycles. The lowest BCUT2D eigenvalue weighted by Crippen LogP contribution is -2.33. The fourth-order valence-corrected chi connectivity index (χ4v) is 3.47. The third-order valence-electron chi connectivity index (χ3n) is 5.35. The molecule has 1 aromatic carbocycles. The Morgan fingerprint density at radius 3 is 2.52 bits per heavy atom. The van der Waals surface area contributed by atoms with Crippen LogP contribution >= 0.6 is 0 Å². The monoisotopic (exact) mass is 461 g/mol. The summed E-state index contributed by atoms with van der Waals surface area (Å²) in [5.74, 6) is -0.347. The molecule has 0 saturated carbocycles. The summed E-state index contributed by atoms with van der Waals surface area (Å²) in [6.07, 6.45) is 5.13. The zero-order valence-electron chi connectivity index (χ0n) is 20.6. The number of amides is 4. The van der Waals surface area contributed by atoms with Gasteiger partial charge in [-0.15, -0.1) is 0 Å². The molecule has 0 bridgehead atoms. The van der Waals surface area contributed by atoms with E-state index in [1.54, 1.807) is 4.90 Å². The van der Waals surface area contributed by atoms with Crippen LogP contribution in [-0.2, 0) is 32.1 Å². The molecule has 33 heavy (non-hydrogen) atoms. The van der Waals surface area contributed by atoms with Crippen LogP contribution in [0.25, 0.3) is 0 Å². The molecule has 184 valence electrons. The maximum atomic E-state index is 11.7. The van der Waals surface area contributed by atoms with Crippen molar-refractivity contribution in [1.29, 1.82) is 0 Å². The quantitative estimate of drug-likeness (QED) is 0.325. The Morgan fingerprint density at radius 2 is 1.88 bits per heavy atom. The van der Waals surface area contributed by atoms with E-state index in [-0.39, 0.29) is 18.4 Å². The lowest BCUT2D eigenvalue weighted by atomic mass is 9.96. The van der Waals surface area contributed by atoms with Gasteiger partial charge in [-0.1, -0.05) is 24.6 Å². The Morgan fingerprint density at radius 1 is 1.15 bits per heavy atom. The first kappa shape index (κ1) is 28.1. The van der Waals surface area contributed by atoms with Crippen LogP contribution in [0.4, 0.5) is 4.79 Å². The van der Waals surface area contributed by atoms with Gasteiger partial charge in [0.1, 0.15) is 5.60 Å².